The molecule has 0 heterocycles. The average molecular weight is 250 g/mol. The van der Waals surface area contributed by atoms with E-state index in [9.17, 15) is 4.39 Å². The lowest BCUT2D eigenvalue weighted by atomic mass is 9.90. The van der Waals surface area contributed by atoms with E-state index in [0.29, 0.717) is 17.6 Å². The number of rotatable bonds is 3. The molecule has 2 rings (SSSR count). The van der Waals surface area contributed by atoms with Crippen molar-refractivity contribution >= 4 is 0 Å². The highest BCUT2D eigenvalue weighted by atomic mass is 19.1. The first-order valence-corrected chi connectivity index (χ1v) is 6.84. The number of benzene rings is 1. The minimum absolute atomic E-state index is 0.124. The predicted molar refractivity (Wildman–Crippen MR) is 72.9 cm³/mol. The number of hydrogen-bond acceptors (Lipinski definition) is 2. The van der Waals surface area contributed by atoms with Crippen molar-refractivity contribution < 1.29 is 4.39 Å². The van der Waals surface area contributed by atoms with Crippen molar-refractivity contribution in [3.63, 3.8) is 0 Å². The summed E-state index contributed by atoms with van der Waals surface area (Å²) in [6.07, 6.45) is 4.52. The van der Waals surface area contributed by atoms with Crippen LogP contribution < -0.4 is 11.1 Å². The van der Waals surface area contributed by atoms with Gasteiger partial charge < -0.3 is 11.1 Å². The molecule has 0 saturated heterocycles. The van der Waals surface area contributed by atoms with E-state index in [2.05, 4.69) is 12.2 Å². The van der Waals surface area contributed by atoms with Crippen LogP contribution in [0.15, 0.2) is 18.2 Å². The minimum Gasteiger partial charge on any atom is -0.328 e. The van der Waals surface area contributed by atoms with Crippen molar-refractivity contribution in [1.82, 2.24) is 5.32 Å². The Bertz CT molecular complexity index is 405. The van der Waals surface area contributed by atoms with Gasteiger partial charge in [0.25, 0.3) is 0 Å². The summed E-state index contributed by atoms with van der Waals surface area (Å²) in [6.45, 7) is 3.88. The normalized spacial score (nSPS) is 26.0. The third kappa shape index (κ3) is 3.30. The summed E-state index contributed by atoms with van der Waals surface area (Å²) in [4.78, 5) is 0. The smallest absolute Gasteiger partial charge is 0.126 e. The highest BCUT2D eigenvalue weighted by molar-refractivity contribution is 5.25. The summed E-state index contributed by atoms with van der Waals surface area (Å²) in [5, 5.41) is 3.57. The van der Waals surface area contributed by atoms with Gasteiger partial charge in [0.1, 0.15) is 5.82 Å². The molecular formula is C15H23FN2. The third-order valence-electron chi connectivity index (χ3n) is 3.90. The molecule has 0 bridgehead atoms. The quantitative estimate of drug-likeness (QED) is 0.865. The molecule has 0 amide bonds. The number of aryl methyl sites for hydroxylation is 1. The van der Waals surface area contributed by atoms with Crippen molar-refractivity contribution in [3.05, 3.63) is 35.1 Å². The van der Waals surface area contributed by atoms with Gasteiger partial charge in [0.05, 0.1) is 0 Å². The molecule has 0 spiro atoms. The van der Waals surface area contributed by atoms with Crippen LogP contribution in [0.25, 0.3) is 0 Å². The van der Waals surface area contributed by atoms with E-state index in [0.717, 1.165) is 18.4 Å². The second-order valence-electron chi connectivity index (χ2n) is 5.52. The Labute approximate surface area is 109 Å². The monoisotopic (exact) mass is 250 g/mol. The van der Waals surface area contributed by atoms with Crippen LogP contribution in [-0.2, 0) is 0 Å². The summed E-state index contributed by atoms with van der Waals surface area (Å²) in [6, 6.07) is 6.44. The molecule has 2 nitrogen and oxygen atoms in total. The van der Waals surface area contributed by atoms with Gasteiger partial charge >= 0.3 is 0 Å². The summed E-state index contributed by atoms with van der Waals surface area (Å²) in [7, 11) is 0. The van der Waals surface area contributed by atoms with Crippen LogP contribution >= 0.6 is 0 Å². The molecule has 3 unspecified atom stereocenters. The maximum atomic E-state index is 13.5. The summed E-state index contributed by atoms with van der Waals surface area (Å²) in [5.41, 5.74) is 7.69. The average Bonchev–Trinajstić information content (AvgIpc) is 2.32. The van der Waals surface area contributed by atoms with Gasteiger partial charge in [-0.25, -0.2) is 4.39 Å². The van der Waals surface area contributed by atoms with Gasteiger partial charge in [0.2, 0.25) is 0 Å². The molecule has 1 fully saturated rings. The zero-order chi connectivity index (χ0) is 13.1. The molecule has 100 valence electrons. The Balaban J connectivity index is 1.98. The molecule has 3 atom stereocenters. The fourth-order valence-electron chi connectivity index (χ4n) is 2.71. The van der Waals surface area contributed by atoms with Gasteiger partial charge in [-0.15, -0.1) is 0 Å². The van der Waals surface area contributed by atoms with Crippen LogP contribution in [0.4, 0.5) is 4.39 Å². The third-order valence-corrected chi connectivity index (χ3v) is 3.90. The molecule has 0 radical (unpaired) electrons. The summed E-state index contributed by atoms with van der Waals surface area (Å²) in [5.74, 6) is -0.124. The highest BCUT2D eigenvalue weighted by Crippen LogP contribution is 2.22. The van der Waals surface area contributed by atoms with Crippen LogP contribution in [0, 0.1) is 12.7 Å². The van der Waals surface area contributed by atoms with Crippen molar-refractivity contribution in [1.29, 1.82) is 0 Å². The largest absolute Gasteiger partial charge is 0.328 e. The van der Waals surface area contributed by atoms with Crippen molar-refractivity contribution in [2.45, 2.75) is 57.7 Å². The zero-order valence-electron chi connectivity index (χ0n) is 11.2. The van der Waals surface area contributed by atoms with Crippen LogP contribution in [0.5, 0.6) is 0 Å². The molecule has 1 saturated carbocycles. The van der Waals surface area contributed by atoms with Gasteiger partial charge in [0, 0.05) is 18.1 Å². The minimum atomic E-state index is -0.124. The topological polar surface area (TPSA) is 38.0 Å². The number of halogens is 1. The van der Waals surface area contributed by atoms with Gasteiger partial charge in [-0.1, -0.05) is 18.6 Å². The van der Waals surface area contributed by atoms with E-state index in [1.54, 1.807) is 13.0 Å². The molecule has 1 aromatic rings. The van der Waals surface area contributed by atoms with E-state index in [1.807, 2.05) is 12.1 Å². The molecule has 18 heavy (non-hydrogen) atoms. The van der Waals surface area contributed by atoms with E-state index >= 15 is 0 Å². The van der Waals surface area contributed by atoms with Crippen LogP contribution in [0.3, 0.4) is 0 Å². The van der Waals surface area contributed by atoms with E-state index < -0.39 is 0 Å². The van der Waals surface area contributed by atoms with Gasteiger partial charge in [-0.05, 0) is 50.3 Å². The van der Waals surface area contributed by atoms with Crippen molar-refractivity contribution in [3.8, 4) is 0 Å². The van der Waals surface area contributed by atoms with Gasteiger partial charge in [0.15, 0.2) is 0 Å². The molecule has 1 aromatic carbocycles. The Morgan fingerprint density at radius 2 is 2.17 bits per heavy atom. The Kier molecular flexibility index (Phi) is 4.36. The number of nitrogens with one attached hydrogen (secondary N) is 1. The Morgan fingerprint density at radius 3 is 2.83 bits per heavy atom. The van der Waals surface area contributed by atoms with Crippen LogP contribution in [-0.4, -0.2) is 12.1 Å². The fourth-order valence-corrected chi connectivity index (χ4v) is 2.71. The SMILES string of the molecule is Cc1ccc(C(C)NC2CCCC(N)C2)cc1F. The molecule has 1 aliphatic rings. The van der Waals surface area contributed by atoms with Crippen LogP contribution in [0.2, 0.25) is 0 Å². The number of nitrogens with two attached hydrogens (primary N) is 1. The standard InChI is InChI=1S/C15H23FN2/c1-10-6-7-12(8-15(10)16)11(2)18-14-5-3-4-13(17)9-14/h6-8,11,13-14,18H,3-5,9,17H2,1-2H3. The zero-order valence-corrected chi connectivity index (χ0v) is 11.2. The molecule has 3 heteroatoms. The number of hydrogen-bond donors (Lipinski definition) is 2. The van der Waals surface area contributed by atoms with Gasteiger partial charge in [-0.3, -0.25) is 0 Å². The lowest BCUT2D eigenvalue weighted by Crippen LogP contribution is -2.40. The molecule has 0 aliphatic heterocycles. The molecular weight excluding hydrogens is 227 g/mol. The van der Waals surface area contributed by atoms with Crippen LogP contribution in [0.1, 0.15) is 49.8 Å². The lowest BCUT2D eigenvalue weighted by molar-refractivity contribution is 0.318. The maximum absolute atomic E-state index is 13.5. The Hall–Kier alpha value is -0.930. The molecule has 1 aliphatic carbocycles. The van der Waals surface area contributed by atoms with Crippen molar-refractivity contribution in [2.24, 2.45) is 5.73 Å². The van der Waals surface area contributed by atoms with Crippen molar-refractivity contribution in [2.75, 3.05) is 0 Å². The van der Waals surface area contributed by atoms with E-state index in [-0.39, 0.29) is 11.9 Å². The first-order valence-electron chi connectivity index (χ1n) is 6.84. The first kappa shape index (κ1) is 13.5. The summed E-state index contributed by atoms with van der Waals surface area (Å²) >= 11 is 0. The fraction of sp³-hybridized carbons (Fsp3) is 0.600. The molecule has 0 aromatic heterocycles. The van der Waals surface area contributed by atoms with Gasteiger partial charge in [-0.2, -0.15) is 0 Å². The second kappa shape index (κ2) is 5.81. The Morgan fingerprint density at radius 1 is 1.39 bits per heavy atom. The van der Waals surface area contributed by atoms with E-state index in [4.69, 9.17) is 5.73 Å². The lowest BCUT2D eigenvalue weighted by Gasteiger charge is -2.30. The predicted octanol–water partition coefficient (Wildman–Crippen LogP) is 3.05. The summed E-state index contributed by atoms with van der Waals surface area (Å²) < 4.78 is 13.5. The maximum Gasteiger partial charge on any atom is 0.126 e. The second-order valence-corrected chi connectivity index (χ2v) is 5.52. The molecule has 3 N–H and O–H groups in total. The van der Waals surface area contributed by atoms with E-state index in [1.165, 1.54) is 12.8 Å². The first-order chi connectivity index (χ1) is 8.56. The highest BCUT2D eigenvalue weighted by Gasteiger charge is 2.21.